The second-order valence-electron chi connectivity index (χ2n) is 5.74. The number of aromatic nitrogens is 4. The van der Waals surface area contributed by atoms with Crippen LogP contribution in [0.2, 0.25) is 0 Å². The highest BCUT2D eigenvalue weighted by Gasteiger charge is 2.36. The van der Waals surface area contributed by atoms with E-state index in [1.165, 1.54) is 0 Å². The molecule has 112 valence electrons. The third-order valence-corrected chi connectivity index (χ3v) is 4.27. The van der Waals surface area contributed by atoms with Gasteiger partial charge in [0.15, 0.2) is 0 Å². The maximum absolute atomic E-state index is 12.4. The summed E-state index contributed by atoms with van der Waals surface area (Å²) in [5.74, 6) is 1.37. The van der Waals surface area contributed by atoms with Gasteiger partial charge in [0.2, 0.25) is 5.91 Å². The molecule has 0 spiro atoms. The number of likely N-dealkylation sites (tertiary alicyclic amines) is 1. The van der Waals surface area contributed by atoms with Gasteiger partial charge in [0.1, 0.15) is 11.9 Å². The average molecular weight is 295 g/mol. The maximum atomic E-state index is 12.4. The zero-order chi connectivity index (χ0) is 15.1. The van der Waals surface area contributed by atoms with E-state index in [1.807, 2.05) is 48.4 Å². The fraction of sp³-hybridized carbons (Fsp3) is 0.312. The predicted molar refractivity (Wildman–Crippen MR) is 82.4 cm³/mol. The molecule has 0 unspecified atom stereocenters. The number of H-pyrrole nitrogens is 1. The minimum Gasteiger partial charge on any atom is -0.342 e. The molecule has 6 nitrogen and oxygen atoms in total. The number of benzene rings is 1. The van der Waals surface area contributed by atoms with Crippen molar-refractivity contribution in [2.45, 2.75) is 18.9 Å². The van der Waals surface area contributed by atoms with Gasteiger partial charge in [-0.3, -0.25) is 9.48 Å². The zero-order valence-electron chi connectivity index (χ0n) is 12.3. The highest BCUT2D eigenvalue weighted by Crippen LogP contribution is 2.28. The predicted octanol–water partition coefficient (Wildman–Crippen LogP) is 1.95. The number of fused-ring (bicyclic) bond motifs is 1. The maximum Gasteiger partial charge on any atom is 0.247 e. The number of imidazole rings is 1. The molecule has 22 heavy (non-hydrogen) atoms. The van der Waals surface area contributed by atoms with Gasteiger partial charge in [-0.1, -0.05) is 12.1 Å². The van der Waals surface area contributed by atoms with Crippen LogP contribution in [0.3, 0.4) is 0 Å². The van der Waals surface area contributed by atoms with Gasteiger partial charge in [-0.05, 0) is 25.1 Å². The lowest BCUT2D eigenvalue weighted by molar-refractivity contribution is -0.139. The van der Waals surface area contributed by atoms with E-state index < -0.39 is 0 Å². The second kappa shape index (κ2) is 4.98. The Hall–Kier alpha value is -2.63. The number of hydrogen-bond acceptors (Lipinski definition) is 3. The minimum absolute atomic E-state index is 0.107. The smallest absolute Gasteiger partial charge is 0.247 e. The lowest BCUT2D eigenvalue weighted by Gasteiger charge is -2.39. The lowest BCUT2D eigenvalue weighted by Crippen LogP contribution is -2.51. The summed E-state index contributed by atoms with van der Waals surface area (Å²) in [5.41, 5.74) is 2.03. The van der Waals surface area contributed by atoms with E-state index in [-0.39, 0.29) is 11.9 Å². The van der Waals surface area contributed by atoms with Crippen molar-refractivity contribution in [3.63, 3.8) is 0 Å². The molecule has 3 heterocycles. The molecule has 1 amide bonds. The molecule has 0 bridgehead atoms. The van der Waals surface area contributed by atoms with Crippen LogP contribution in [0, 0.1) is 0 Å². The van der Waals surface area contributed by atoms with E-state index in [4.69, 9.17) is 0 Å². The summed E-state index contributed by atoms with van der Waals surface area (Å²) in [6.45, 7) is 3.30. The lowest BCUT2D eigenvalue weighted by atomic mass is 9.98. The Balaban J connectivity index is 1.44. The first kappa shape index (κ1) is 13.1. The fourth-order valence-corrected chi connectivity index (χ4v) is 2.88. The summed E-state index contributed by atoms with van der Waals surface area (Å²) in [4.78, 5) is 22.2. The Kier molecular flexibility index (Phi) is 2.96. The van der Waals surface area contributed by atoms with Crippen molar-refractivity contribution in [2.75, 3.05) is 13.1 Å². The molecule has 4 rings (SSSR count). The van der Waals surface area contributed by atoms with E-state index in [0.29, 0.717) is 19.0 Å². The molecule has 2 aromatic heterocycles. The number of para-hydroxylation sites is 2. The standard InChI is InChI=1S/C16H17N5O/c1-11(21-8-4-7-17-21)16(22)20-9-12(10-20)15-18-13-5-2-3-6-14(13)19-15/h2-8,11-12H,9-10H2,1H3,(H,18,19)/t11-/m0/s1. The summed E-state index contributed by atoms with van der Waals surface area (Å²) in [7, 11) is 0. The van der Waals surface area contributed by atoms with Gasteiger partial charge in [-0.25, -0.2) is 4.98 Å². The number of carbonyl (C=O) groups is 1. The van der Waals surface area contributed by atoms with Gasteiger partial charge >= 0.3 is 0 Å². The topological polar surface area (TPSA) is 66.8 Å². The molecule has 3 aromatic rings. The van der Waals surface area contributed by atoms with Gasteiger partial charge in [0.05, 0.1) is 17.0 Å². The highest BCUT2D eigenvalue weighted by atomic mass is 16.2. The normalized spacial score (nSPS) is 16.7. The molecule has 1 aromatic carbocycles. The first-order chi connectivity index (χ1) is 10.7. The summed E-state index contributed by atoms with van der Waals surface area (Å²) in [5, 5.41) is 4.13. The van der Waals surface area contributed by atoms with Crippen LogP contribution in [-0.4, -0.2) is 43.6 Å². The van der Waals surface area contributed by atoms with Gasteiger partial charge in [-0.2, -0.15) is 5.10 Å². The second-order valence-corrected chi connectivity index (χ2v) is 5.74. The molecule has 0 radical (unpaired) electrons. The largest absolute Gasteiger partial charge is 0.342 e. The van der Waals surface area contributed by atoms with Crippen LogP contribution in [0.5, 0.6) is 0 Å². The number of hydrogen-bond donors (Lipinski definition) is 1. The van der Waals surface area contributed by atoms with Gasteiger partial charge in [0.25, 0.3) is 0 Å². The molecule has 1 saturated heterocycles. The molecular weight excluding hydrogens is 278 g/mol. The molecule has 0 aliphatic carbocycles. The summed E-state index contributed by atoms with van der Waals surface area (Å²) in [6, 6.07) is 9.56. The quantitative estimate of drug-likeness (QED) is 0.803. The van der Waals surface area contributed by atoms with E-state index in [9.17, 15) is 4.79 Å². The van der Waals surface area contributed by atoms with Crippen molar-refractivity contribution in [2.24, 2.45) is 0 Å². The number of rotatable bonds is 3. The Morgan fingerprint density at radius 3 is 2.86 bits per heavy atom. The van der Waals surface area contributed by atoms with E-state index in [0.717, 1.165) is 16.9 Å². The molecule has 6 heteroatoms. The fourth-order valence-electron chi connectivity index (χ4n) is 2.88. The molecule has 1 aliphatic heterocycles. The van der Waals surface area contributed by atoms with Crippen molar-refractivity contribution in [3.05, 3.63) is 48.5 Å². The Morgan fingerprint density at radius 1 is 1.32 bits per heavy atom. The number of nitrogens with one attached hydrogen (secondary N) is 1. The summed E-state index contributed by atoms with van der Waals surface area (Å²) in [6.07, 6.45) is 3.51. The summed E-state index contributed by atoms with van der Waals surface area (Å²) >= 11 is 0. The zero-order valence-corrected chi connectivity index (χ0v) is 12.3. The molecule has 1 atom stereocenters. The van der Waals surface area contributed by atoms with Crippen LogP contribution in [0.25, 0.3) is 11.0 Å². The number of carbonyl (C=O) groups excluding carboxylic acids is 1. The number of aromatic amines is 1. The minimum atomic E-state index is -0.258. The Labute approximate surface area is 127 Å². The Morgan fingerprint density at radius 2 is 2.14 bits per heavy atom. The van der Waals surface area contributed by atoms with Crippen LogP contribution in [-0.2, 0) is 4.79 Å². The van der Waals surface area contributed by atoms with Crippen LogP contribution in [0.15, 0.2) is 42.7 Å². The molecule has 1 fully saturated rings. The van der Waals surface area contributed by atoms with Crippen LogP contribution >= 0.6 is 0 Å². The SMILES string of the molecule is C[C@@H](C(=O)N1CC(c2nc3ccccc3[nH]2)C1)n1cccn1. The van der Waals surface area contributed by atoms with Crippen molar-refractivity contribution < 1.29 is 4.79 Å². The summed E-state index contributed by atoms with van der Waals surface area (Å²) < 4.78 is 1.69. The van der Waals surface area contributed by atoms with Crippen LogP contribution < -0.4 is 0 Å². The number of amides is 1. The molecule has 1 aliphatic rings. The third kappa shape index (κ3) is 2.07. The third-order valence-electron chi connectivity index (χ3n) is 4.27. The first-order valence-electron chi connectivity index (χ1n) is 7.45. The van der Waals surface area contributed by atoms with Crippen LogP contribution in [0.4, 0.5) is 0 Å². The van der Waals surface area contributed by atoms with Crippen molar-refractivity contribution in [3.8, 4) is 0 Å². The van der Waals surface area contributed by atoms with Crippen LogP contribution in [0.1, 0.15) is 24.7 Å². The molecule has 0 saturated carbocycles. The average Bonchev–Trinajstić information content (AvgIpc) is 3.13. The molecular formula is C16H17N5O. The van der Waals surface area contributed by atoms with E-state index >= 15 is 0 Å². The number of nitrogens with zero attached hydrogens (tertiary/aromatic N) is 4. The Bertz CT molecular complexity index is 768. The van der Waals surface area contributed by atoms with Gasteiger partial charge in [-0.15, -0.1) is 0 Å². The first-order valence-corrected chi connectivity index (χ1v) is 7.45. The highest BCUT2D eigenvalue weighted by molar-refractivity contribution is 5.81. The monoisotopic (exact) mass is 295 g/mol. The molecule has 1 N–H and O–H groups in total. The van der Waals surface area contributed by atoms with Crippen molar-refractivity contribution >= 4 is 16.9 Å². The van der Waals surface area contributed by atoms with Gasteiger partial charge in [0, 0.05) is 25.5 Å². The van der Waals surface area contributed by atoms with Crippen molar-refractivity contribution in [1.82, 2.24) is 24.6 Å². The van der Waals surface area contributed by atoms with Gasteiger partial charge < -0.3 is 9.88 Å². The van der Waals surface area contributed by atoms with E-state index in [2.05, 4.69) is 15.1 Å². The van der Waals surface area contributed by atoms with E-state index in [1.54, 1.807) is 10.9 Å². The van der Waals surface area contributed by atoms with Crippen molar-refractivity contribution in [1.29, 1.82) is 0 Å².